The van der Waals surface area contributed by atoms with Crippen molar-refractivity contribution in [1.29, 1.82) is 0 Å². The Bertz CT molecular complexity index is 211. The fraction of sp³-hybridized carbons (Fsp3) is 1.00. The van der Waals surface area contributed by atoms with Crippen LogP contribution in [0, 0.1) is 0 Å². The molecule has 0 saturated carbocycles. The van der Waals surface area contributed by atoms with Gasteiger partial charge in [-0.3, -0.25) is 0 Å². The fourth-order valence-electron chi connectivity index (χ4n) is 2.51. The Kier molecular flexibility index (Phi) is 10.8. The first-order valence-corrected chi connectivity index (χ1v) is 12.6. The Hall–Kier alpha value is 0.680. The predicted octanol–water partition coefficient (Wildman–Crippen LogP) is 5.87. The molecule has 0 saturated heterocycles. The van der Waals surface area contributed by atoms with Crippen molar-refractivity contribution in [3.63, 3.8) is 0 Å². The second kappa shape index (κ2) is 10.4. The third-order valence-electron chi connectivity index (χ3n) is 3.99. The number of unbranched alkanes of at least 4 members (excludes halogenated alkanes) is 9. The average molecular weight is 311 g/mol. The van der Waals surface area contributed by atoms with Crippen molar-refractivity contribution < 1.29 is 5.11 Å². The van der Waals surface area contributed by atoms with E-state index in [1.54, 1.807) is 0 Å². The maximum absolute atomic E-state index is 9.08. The van der Waals surface area contributed by atoms with Gasteiger partial charge in [0.15, 0.2) is 0 Å². The second-order valence-electron chi connectivity index (χ2n) is 6.87. The Morgan fingerprint density at radius 3 is 1.58 bits per heavy atom. The van der Waals surface area contributed by atoms with Gasteiger partial charge in [-0.15, -0.1) is 0 Å². The van der Waals surface area contributed by atoms with Crippen LogP contribution in [0.25, 0.3) is 0 Å². The van der Waals surface area contributed by atoms with Crippen LogP contribution in [0.4, 0.5) is 0 Å². The molecule has 1 N–H and O–H groups in total. The third kappa shape index (κ3) is 13.4. The Labute approximate surface area is 126 Å². The molecule has 0 fully saturated rings. The first-order valence-electron chi connectivity index (χ1n) is 8.22. The van der Waals surface area contributed by atoms with Gasteiger partial charge in [0.05, 0.1) is 0 Å². The second-order valence-corrected chi connectivity index (χ2v) is 16.2. The van der Waals surface area contributed by atoms with Gasteiger partial charge in [-0.25, -0.2) is 0 Å². The fourth-order valence-corrected chi connectivity index (χ4v) is 5.13. The minimum atomic E-state index is -2.04. The van der Waals surface area contributed by atoms with Gasteiger partial charge in [0.25, 0.3) is 0 Å². The minimum absolute atomic E-state index is 0.242. The summed E-state index contributed by atoms with van der Waals surface area (Å²) in [5, 5.41) is 9.08. The first-order chi connectivity index (χ1) is 8.89. The van der Waals surface area contributed by atoms with Crippen molar-refractivity contribution in [1.82, 2.24) is 0 Å². The van der Waals surface area contributed by atoms with E-state index in [1.165, 1.54) is 64.2 Å². The van der Waals surface area contributed by atoms with E-state index in [4.69, 9.17) is 16.3 Å². The molecule has 0 aliphatic carbocycles. The topological polar surface area (TPSA) is 20.2 Å². The van der Waals surface area contributed by atoms with Gasteiger partial charge in [-0.2, -0.15) is 0 Å². The molecular weight excluding hydrogens is 275 g/mol. The monoisotopic (exact) mass is 310 g/mol. The Morgan fingerprint density at radius 1 is 0.737 bits per heavy atom. The van der Waals surface area contributed by atoms with E-state index in [9.17, 15) is 0 Å². The van der Waals surface area contributed by atoms with Gasteiger partial charge in [-0.1, -0.05) is 0 Å². The summed E-state index contributed by atoms with van der Waals surface area (Å²) in [7, 11) is 0. The van der Waals surface area contributed by atoms with Crippen molar-refractivity contribution in [3.05, 3.63) is 0 Å². The van der Waals surface area contributed by atoms with E-state index >= 15 is 0 Å². The van der Waals surface area contributed by atoms with Crippen molar-refractivity contribution in [2.75, 3.05) is 32.3 Å². The predicted molar refractivity (Wildman–Crippen MR) is 93.3 cm³/mol. The van der Waals surface area contributed by atoms with Crippen LogP contribution in [0.3, 0.4) is 0 Å². The first kappa shape index (κ1) is 19.7. The van der Waals surface area contributed by atoms with Gasteiger partial charge in [0.1, 0.15) is 0 Å². The molecule has 0 spiro atoms. The van der Waals surface area contributed by atoms with E-state index in [-0.39, 0.29) is 6.61 Å². The molecule has 0 bridgehead atoms. The molecular formula is C16H36ClOP. The van der Waals surface area contributed by atoms with Gasteiger partial charge in [-0.05, 0) is 0 Å². The summed E-state index contributed by atoms with van der Waals surface area (Å²) in [6.45, 7) is 6.89. The van der Waals surface area contributed by atoms with Gasteiger partial charge >= 0.3 is 126 Å². The summed E-state index contributed by atoms with van der Waals surface area (Å²) in [5.41, 5.74) is 0. The Balaban J connectivity index is 3.36. The standard InChI is InChI=1S/C16H36ClOP/c1-4-5-6-7-8-9-10-11-12-13-15-19(2,3,17)16-14-18/h18H,4-16H2,1-3H3. The van der Waals surface area contributed by atoms with Crippen molar-refractivity contribution in [3.8, 4) is 0 Å². The molecule has 118 valence electrons. The summed E-state index contributed by atoms with van der Waals surface area (Å²) in [6.07, 6.45) is 15.6. The van der Waals surface area contributed by atoms with Crippen molar-refractivity contribution in [2.45, 2.75) is 71.1 Å². The van der Waals surface area contributed by atoms with Crippen LogP contribution in [0.1, 0.15) is 71.1 Å². The average Bonchev–Trinajstić information content (AvgIpc) is 2.30. The molecule has 0 aliphatic heterocycles. The van der Waals surface area contributed by atoms with E-state index in [0.29, 0.717) is 0 Å². The third-order valence-corrected chi connectivity index (χ3v) is 8.28. The number of aliphatic hydroxyl groups is 1. The molecule has 0 aromatic heterocycles. The summed E-state index contributed by atoms with van der Waals surface area (Å²) in [4.78, 5) is 0. The normalized spacial score (nSPS) is 14.3. The van der Waals surface area contributed by atoms with Crippen LogP contribution in [0.5, 0.6) is 0 Å². The van der Waals surface area contributed by atoms with Crippen LogP contribution >= 0.6 is 17.2 Å². The Morgan fingerprint density at radius 2 is 1.16 bits per heavy atom. The van der Waals surface area contributed by atoms with Crippen LogP contribution in [-0.4, -0.2) is 37.4 Å². The zero-order valence-corrected chi connectivity index (χ0v) is 15.1. The van der Waals surface area contributed by atoms with E-state index in [1.807, 2.05) is 0 Å². The molecule has 0 amide bonds. The summed E-state index contributed by atoms with van der Waals surface area (Å²) < 4.78 is 0. The SMILES string of the molecule is CCCCCCCCCCCCP(C)(C)(Cl)CCO. The van der Waals surface area contributed by atoms with E-state index < -0.39 is 5.96 Å². The maximum atomic E-state index is 9.08. The zero-order valence-electron chi connectivity index (χ0n) is 13.5. The van der Waals surface area contributed by atoms with Crippen LogP contribution in [-0.2, 0) is 0 Å². The summed E-state index contributed by atoms with van der Waals surface area (Å²) in [6, 6.07) is 0. The van der Waals surface area contributed by atoms with Crippen molar-refractivity contribution in [2.24, 2.45) is 0 Å². The number of hydrogen-bond acceptors (Lipinski definition) is 1. The van der Waals surface area contributed by atoms with Crippen LogP contribution in [0.2, 0.25) is 0 Å². The molecule has 0 atom stereocenters. The summed E-state index contributed by atoms with van der Waals surface area (Å²) in [5.74, 6) is -2.04. The number of halogens is 1. The quantitative estimate of drug-likeness (QED) is 0.333. The van der Waals surface area contributed by atoms with Crippen molar-refractivity contribution >= 4 is 17.2 Å². The molecule has 0 rings (SSSR count). The molecule has 0 heterocycles. The van der Waals surface area contributed by atoms with E-state index in [2.05, 4.69) is 20.3 Å². The molecule has 19 heavy (non-hydrogen) atoms. The molecule has 0 aromatic carbocycles. The molecule has 0 aromatic rings. The molecule has 0 unspecified atom stereocenters. The molecule has 3 heteroatoms. The molecule has 0 aliphatic rings. The van der Waals surface area contributed by atoms with Gasteiger partial charge in [0, 0.05) is 0 Å². The molecule has 0 radical (unpaired) electrons. The van der Waals surface area contributed by atoms with Gasteiger partial charge in [0.2, 0.25) is 0 Å². The van der Waals surface area contributed by atoms with Crippen LogP contribution in [0.15, 0.2) is 0 Å². The van der Waals surface area contributed by atoms with E-state index in [0.717, 1.165) is 12.3 Å². The number of rotatable bonds is 13. The zero-order chi connectivity index (χ0) is 14.6. The van der Waals surface area contributed by atoms with Crippen LogP contribution < -0.4 is 0 Å². The van der Waals surface area contributed by atoms with Gasteiger partial charge < -0.3 is 0 Å². The summed E-state index contributed by atoms with van der Waals surface area (Å²) >= 11 is 6.67. The molecule has 1 nitrogen and oxygen atoms in total. The number of aliphatic hydroxyl groups excluding tert-OH is 1. The number of hydrogen-bond donors (Lipinski definition) is 1.